The summed E-state index contributed by atoms with van der Waals surface area (Å²) in [5.74, 6) is 0.326. The molecule has 1 N–H and O–H groups in total. The van der Waals surface area contributed by atoms with Crippen LogP contribution in [0, 0.1) is 12.8 Å². The molecule has 0 fully saturated rings. The molecule has 3 rings (SSSR count). The van der Waals surface area contributed by atoms with Gasteiger partial charge in [-0.1, -0.05) is 85.6 Å². The minimum Gasteiger partial charge on any atom is -0.354 e. The van der Waals surface area contributed by atoms with Crippen molar-refractivity contribution in [2.75, 3.05) is 12.3 Å². The molecule has 0 aliphatic heterocycles. The monoisotopic (exact) mass is 508 g/mol. The highest BCUT2D eigenvalue weighted by atomic mass is 35.5. The first-order valence-electron chi connectivity index (χ1n) is 11.9. The van der Waals surface area contributed by atoms with Gasteiger partial charge in [0.2, 0.25) is 11.8 Å². The zero-order valence-electron chi connectivity index (χ0n) is 20.5. The van der Waals surface area contributed by atoms with Crippen LogP contribution in [0.5, 0.6) is 0 Å². The normalized spacial score (nSPS) is 11.8. The van der Waals surface area contributed by atoms with Gasteiger partial charge in [0.25, 0.3) is 0 Å². The molecular formula is C29H33ClN2O2S. The quantitative estimate of drug-likeness (QED) is 0.316. The van der Waals surface area contributed by atoms with Gasteiger partial charge in [0.15, 0.2) is 0 Å². The largest absolute Gasteiger partial charge is 0.354 e. The first-order chi connectivity index (χ1) is 16.8. The molecule has 2 amide bonds. The lowest BCUT2D eigenvalue weighted by molar-refractivity contribution is -0.139. The number of rotatable bonds is 11. The predicted octanol–water partition coefficient (Wildman–Crippen LogP) is 6.15. The highest BCUT2D eigenvalue weighted by Gasteiger charge is 2.30. The van der Waals surface area contributed by atoms with Crippen LogP contribution in [-0.4, -0.2) is 35.1 Å². The molecule has 0 aliphatic rings. The second-order valence-electron chi connectivity index (χ2n) is 9.10. The third-order valence-electron chi connectivity index (χ3n) is 5.58. The minimum atomic E-state index is -0.638. The lowest BCUT2D eigenvalue weighted by atomic mass is 10.0. The summed E-state index contributed by atoms with van der Waals surface area (Å²) in [7, 11) is 0. The van der Waals surface area contributed by atoms with E-state index >= 15 is 0 Å². The van der Waals surface area contributed by atoms with E-state index in [9.17, 15) is 9.59 Å². The van der Waals surface area contributed by atoms with Crippen molar-refractivity contribution in [2.45, 2.75) is 44.7 Å². The summed E-state index contributed by atoms with van der Waals surface area (Å²) < 4.78 is 0. The van der Waals surface area contributed by atoms with Gasteiger partial charge in [-0.3, -0.25) is 9.59 Å². The summed E-state index contributed by atoms with van der Waals surface area (Å²) in [6.07, 6.45) is 0.437. The fourth-order valence-electron chi connectivity index (χ4n) is 3.67. The number of amides is 2. The summed E-state index contributed by atoms with van der Waals surface area (Å²) in [5.41, 5.74) is 3.07. The van der Waals surface area contributed by atoms with E-state index in [4.69, 9.17) is 11.6 Å². The third kappa shape index (κ3) is 8.75. The molecule has 184 valence electrons. The SMILES string of the molecule is Cc1ccc(SCC(=O)N(Cc2cccc(Cl)c2)C(Cc2ccccc2)C(=O)NCC(C)C)cc1. The molecule has 0 aromatic heterocycles. The van der Waals surface area contributed by atoms with Crippen LogP contribution in [-0.2, 0) is 22.6 Å². The number of aryl methyl sites for hydroxylation is 1. The lowest BCUT2D eigenvalue weighted by Gasteiger charge is -2.32. The van der Waals surface area contributed by atoms with E-state index in [1.54, 1.807) is 11.0 Å². The number of thioether (sulfide) groups is 1. The zero-order valence-corrected chi connectivity index (χ0v) is 22.1. The number of carbonyl (C=O) groups excluding carboxylic acids is 2. The van der Waals surface area contributed by atoms with Crippen LogP contribution in [0.1, 0.15) is 30.5 Å². The average molecular weight is 509 g/mol. The molecule has 0 radical (unpaired) electrons. The van der Waals surface area contributed by atoms with Crippen molar-refractivity contribution in [3.8, 4) is 0 Å². The first-order valence-corrected chi connectivity index (χ1v) is 13.2. The van der Waals surface area contributed by atoms with Gasteiger partial charge in [0, 0.05) is 29.4 Å². The maximum absolute atomic E-state index is 13.6. The summed E-state index contributed by atoms with van der Waals surface area (Å²) in [4.78, 5) is 29.8. The van der Waals surface area contributed by atoms with Crippen LogP contribution in [0.15, 0.2) is 83.8 Å². The lowest BCUT2D eigenvalue weighted by Crippen LogP contribution is -2.51. The van der Waals surface area contributed by atoms with Crippen LogP contribution < -0.4 is 5.32 Å². The Morgan fingerprint density at radius 3 is 2.29 bits per heavy atom. The molecule has 35 heavy (non-hydrogen) atoms. The highest BCUT2D eigenvalue weighted by Crippen LogP contribution is 2.22. The van der Waals surface area contributed by atoms with Crippen molar-refractivity contribution in [3.05, 3.63) is 101 Å². The third-order valence-corrected chi connectivity index (χ3v) is 6.81. The number of carbonyl (C=O) groups is 2. The zero-order chi connectivity index (χ0) is 25.2. The van der Waals surface area contributed by atoms with Crippen LogP contribution in [0.2, 0.25) is 5.02 Å². The van der Waals surface area contributed by atoms with Crippen LogP contribution in [0.25, 0.3) is 0 Å². The molecule has 0 saturated carbocycles. The van der Waals surface area contributed by atoms with Gasteiger partial charge < -0.3 is 10.2 Å². The van der Waals surface area contributed by atoms with E-state index in [1.807, 2.05) is 79.7 Å². The van der Waals surface area contributed by atoms with Gasteiger partial charge in [-0.05, 0) is 48.2 Å². The van der Waals surface area contributed by atoms with Crippen molar-refractivity contribution in [3.63, 3.8) is 0 Å². The summed E-state index contributed by atoms with van der Waals surface area (Å²) in [6, 6.07) is 24.8. The van der Waals surface area contributed by atoms with Gasteiger partial charge in [-0.25, -0.2) is 0 Å². The maximum atomic E-state index is 13.6. The van der Waals surface area contributed by atoms with E-state index in [0.29, 0.717) is 30.5 Å². The first kappa shape index (κ1) is 26.8. The van der Waals surface area contributed by atoms with Crippen LogP contribution in [0.4, 0.5) is 0 Å². The second kappa shape index (κ2) is 13.4. The number of hydrogen-bond acceptors (Lipinski definition) is 3. The van der Waals surface area contributed by atoms with Crippen LogP contribution >= 0.6 is 23.4 Å². The minimum absolute atomic E-state index is 0.0869. The molecule has 3 aromatic carbocycles. The van der Waals surface area contributed by atoms with Gasteiger partial charge in [0.05, 0.1) is 5.75 Å². The molecule has 4 nitrogen and oxygen atoms in total. The van der Waals surface area contributed by atoms with Crippen molar-refractivity contribution in [2.24, 2.45) is 5.92 Å². The van der Waals surface area contributed by atoms with Gasteiger partial charge >= 0.3 is 0 Å². The Labute approximate surface area is 218 Å². The molecular weight excluding hydrogens is 476 g/mol. The summed E-state index contributed by atoms with van der Waals surface area (Å²) in [5, 5.41) is 3.65. The molecule has 0 saturated heterocycles. The Morgan fingerprint density at radius 1 is 0.943 bits per heavy atom. The molecule has 0 bridgehead atoms. The topological polar surface area (TPSA) is 49.4 Å². The van der Waals surface area contributed by atoms with E-state index in [0.717, 1.165) is 16.0 Å². The van der Waals surface area contributed by atoms with Gasteiger partial charge in [0.1, 0.15) is 6.04 Å². The molecule has 6 heteroatoms. The number of nitrogens with one attached hydrogen (secondary N) is 1. The van der Waals surface area contributed by atoms with E-state index < -0.39 is 6.04 Å². The van der Waals surface area contributed by atoms with Gasteiger partial charge in [-0.2, -0.15) is 0 Å². The molecule has 1 atom stereocenters. The van der Waals surface area contributed by atoms with Crippen molar-refractivity contribution >= 4 is 35.2 Å². The van der Waals surface area contributed by atoms with E-state index in [-0.39, 0.29) is 17.6 Å². The Hall–Kier alpha value is -2.76. The number of hydrogen-bond donors (Lipinski definition) is 1. The Balaban J connectivity index is 1.89. The van der Waals surface area contributed by atoms with Crippen molar-refractivity contribution in [1.29, 1.82) is 0 Å². The summed E-state index contributed by atoms with van der Waals surface area (Å²) in [6.45, 7) is 7.01. The Bertz CT molecular complexity index is 1100. The predicted molar refractivity (Wildman–Crippen MR) is 146 cm³/mol. The van der Waals surface area contributed by atoms with Crippen LogP contribution in [0.3, 0.4) is 0 Å². The number of benzene rings is 3. The average Bonchev–Trinajstić information content (AvgIpc) is 2.85. The Kier molecular flexibility index (Phi) is 10.2. The molecule has 0 heterocycles. The smallest absolute Gasteiger partial charge is 0.243 e. The number of halogens is 1. The standard InChI is InChI=1S/C29H33ClN2O2S/c1-21(2)18-31-29(34)27(17-23-8-5-4-6-9-23)32(19-24-10-7-11-25(30)16-24)28(33)20-35-26-14-12-22(3)13-15-26/h4-16,21,27H,17-20H2,1-3H3,(H,31,34). The Morgan fingerprint density at radius 2 is 1.63 bits per heavy atom. The van der Waals surface area contributed by atoms with Gasteiger partial charge in [-0.15, -0.1) is 11.8 Å². The maximum Gasteiger partial charge on any atom is 0.243 e. The fraction of sp³-hybridized carbons (Fsp3) is 0.310. The number of nitrogens with zero attached hydrogens (tertiary/aromatic N) is 1. The van der Waals surface area contributed by atoms with E-state index in [2.05, 4.69) is 19.2 Å². The fourth-order valence-corrected chi connectivity index (χ4v) is 4.67. The molecule has 0 aliphatic carbocycles. The molecule has 0 spiro atoms. The second-order valence-corrected chi connectivity index (χ2v) is 10.6. The molecule has 3 aromatic rings. The highest BCUT2D eigenvalue weighted by molar-refractivity contribution is 8.00. The van der Waals surface area contributed by atoms with Crippen molar-refractivity contribution < 1.29 is 9.59 Å². The van der Waals surface area contributed by atoms with Crippen molar-refractivity contribution in [1.82, 2.24) is 10.2 Å². The summed E-state index contributed by atoms with van der Waals surface area (Å²) >= 11 is 7.72. The van der Waals surface area contributed by atoms with E-state index in [1.165, 1.54) is 17.3 Å². The molecule has 1 unspecified atom stereocenters.